The summed E-state index contributed by atoms with van der Waals surface area (Å²) in [7, 11) is 0. The molecule has 1 atom stereocenters. The van der Waals surface area contributed by atoms with Crippen molar-refractivity contribution in [3.63, 3.8) is 0 Å². The average Bonchev–Trinajstić information content (AvgIpc) is 1.85. The smallest absolute Gasteiger partial charge is 0.0167 e. The molecular formula is C9H19N2. The highest BCUT2D eigenvalue weighted by molar-refractivity contribution is 4.85. The van der Waals surface area contributed by atoms with Gasteiger partial charge in [-0.2, -0.15) is 0 Å². The second-order valence-electron chi connectivity index (χ2n) is 3.80. The number of hydrogen-bond acceptors (Lipinski definition) is 2. The lowest BCUT2D eigenvalue weighted by Gasteiger charge is -2.32. The van der Waals surface area contributed by atoms with E-state index >= 15 is 0 Å². The first-order valence-corrected chi connectivity index (χ1v) is 4.43. The Labute approximate surface area is 70.0 Å². The third-order valence-corrected chi connectivity index (χ3v) is 1.99. The van der Waals surface area contributed by atoms with E-state index in [0.29, 0.717) is 6.04 Å². The molecule has 1 fully saturated rings. The molecule has 0 aromatic heterocycles. The molecule has 0 aromatic rings. The van der Waals surface area contributed by atoms with Gasteiger partial charge in [-0.05, 0) is 12.8 Å². The largest absolute Gasteiger partial charge is 0.312 e. The molecule has 0 saturated carbocycles. The van der Waals surface area contributed by atoms with Gasteiger partial charge < -0.3 is 5.32 Å². The second-order valence-corrected chi connectivity index (χ2v) is 3.80. The van der Waals surface area contributed by atoms with Crippen molar-refractivity contribution in [1.82, 2.24) is 10.2 Å². The Morgan fingerprint density at radius 1 is 1.55 bits per heavy atom. The Kier molecular flexibility index (Phi) is 3.34. The maximum Gasteiger partial charge on any atom is 0.0167 e. The molecule has 1 N–H and O–H groups in total. The van der Waals surface area contributed by atoms with Crippen molar-refractivity contribution in [3.8, 4) is 0 Å². The van der Waals surface area contributed by atoms with E-state index < -0.39 is 0 Å². The molecule has 1 heterocycles. The van der Waals surface area contributed by atoms with Gasteiger partial charge in [-0.3, -0.25) is 4.90 Å². The molecule has 0 unspecified atom stereocenters. The molecule has 1 rings (SSSR count). The van der Waals surface area contributed by atoms with Crippen LogP contribution in [0.25, 0.3) is 0 Å². The van der Waals surface area contributed by atoms with E-state index in [2.05, 4.69) is 31.0 Å². The molecule has 0 aliphatic carbocycles. The van der Waals surface area contributed by atoms with Crippen LogP contribution in [-0.2, 0) is 0 Å². The van der Waals surface area contributed by atoms with Gasteiger partial charge in [0.2, 0.25) is 0 Å². The van der Waals surface area contributed by atoms with Crippen LogP contribution in [0.3, 0.4) is 0 Å². The molecule has 0 spiro atoms. The fourth-order valence-corrected chi connectivity index (χ4v) is 1.60. The lowest BCUT2D eigenvalue weighted by Crippen LogP contribution is -2.49. The van der Waals surface area contributed by atoms with Gasteiger partial charge >= 0.3 is 0 Å². The highest BCUT2D eigenvalue weighted by atomic mass is 15.2. The van der Waals surface area contributed by atoms with Crippen LogP contribution in [0, 0.1) is 5.92 Å². The predicted octanol–water partition coefficient (Wildman–Crippen LogP) is 0.894. The molecule has 1 aliphatic heterocycles. The van der Waals surface area contributed by atoms with E-state index in [0.717, 1.165) is 6.54 Å². The monoisotopic (exact) mass is 155 g/mol. The van der Waals surface area contributed by atoms with Crippen LogP contribution in [0.1, 0.15) is 20.8 Å². The van der Waals surface area contributed by atoms with Gasteiger partial charge in [-0.25, -0.2) is 0 Å². The van der Waals surface area contributed by atoms with Crippen LogP contribution in [0.15, 0.2) is 0 Å². The number of nitrogens with zero attached hydrogens (tertiary/aromatic N) is 1. The number of hydrogen-bond donors (Lipinski definition) is 1. The van der Waals surface area contributed by atoms with Gasteiger partial charge in [0, 0.05) is 32.2 Å². The Bertz CT molecular complexity index is 110. The van der Waals surface area contributed by atoms with E-state index in [1.807, 2.05) is 0 Å². The summed E-state index contributed by atoms with van der Waals surface area (Å²) in [5, 5.41) is 3.43. The lowest BCUT2D eigenvalue weighted by molar-refractivity contribution is 0.214. The molecule has 11 heavy (non-hydrogen) atoms. The zero-order valence-electron chi connectivity index (χ0n) is 7.85. The standard InChI is InChI=1S/C9H19N2/c1-8(2)6-11-5-4-10-9(3)7-11/h9-10H,4-7H2,1-3H3/t9-/m0/s1. The first kappa shape index (κ1) is 9.01. The van der Waals surface area contributed by atoms with E-state index in [4.69, 9.17) is 0 Å². The fourth-order valence-electron chi connectivity index (χ4n) is 1.60. The van der Waals surface area contributed by atoms with E-state index in [9.17, 15) is 0 Å². The molecule has 2 nitrogen and oxygen atoms in total. The Morgan fingerprint density at radius 3 is 2.82 bits per heavy atom. The minimum absolute atomic E-state index is 0.670. The summed E-state index contributed by atoms with van der Waals surface area (Å²) in [6.07, 6.45) is 0. The van der Waals surface area contributed by atoms with Crippen molar-refractivity contribution in [3.05, 3.63) is 5.92 Å². The number of nitrogens with one attached hydrogen (secondary N) is 1. The van der Waals surface area contributed by atoms with Crippen LogP contribution in [0.4, 0.5) is 0 Å². The summed E-state index contributed by atoms with van der Waals surface area (Å²) < 4.78 is 0. The van der Waals surface area contributed by atoms with Crippen molar-refractivity contribution in [1.29, 1.82) is 0 Å². The van der Waals surface area contributed by atoms with E-state index in [1.165, 1.54) is 25.6 Å². The van der Waals surface area contributed by atoms with Gasteiger partial charge in [-0.1, -0.05) is 13.8 Å². The van der Waals surface area contributed by atoms with Crippen molar-refractivity contribution >= 4 is 0 Å². The van der Waals surface area contributed by atoms with Crippen LogP contribution < -0.4 is 5.32 Å². The molecule has 65 valence electrons. The quantitative estimate of drug-likeness (QED) is 0.637. The maximum atomic E-state index is 3.43. The van der Waals surface area contributed by atoms with Crippen LogP contribution in [-0.4, -0.2) is 37.1 Å². The minimum atomic E-state index is 0.670. The maximum absolute atomic E-state index is 3.43. The van der Waals surface area contributed by atoms with Crippen molar-refractivity contribution in [2.75, 3.05) is 26.2 Å². The van der Waals surface area contributed by atoms with Gasteiger partial charge in [0.1, 0.15) is 0 Å². The Balaban J connectivity index is 2.23. The zero-order chi connectivity index (χ0) is 8.27. The summed E-state index contributed by atoms with van der Waals surface area (Å²) in [4.78, 5) is 2.51. The van der Waals surface area contributed by atoms with Crippen molar-refractivity contribution in [2.45, 2.75) is 26.8 Å². The first-order chi connectivity index (χ1) is 5.18. The molecular weight excluding hydrogens is 136 g/mol. The molecule has 0 amide bonds. The topological polar surface area (TPSA) is 15.3 Å². The van der Waals surface area contributed by atoms with Crippen LogP contribution >= 0.6 is 0 Å². The second kappa shape index (κ2) is 4.07. The summed E-state index contributed by atoms with van der Waals surface area (Å²) in [6.45, 7) is 11.4. The Hall–Kier alpha value is -0.0800. The summed E-state index contributed by atoms with van der Waals surface area (Å²) in [5.74, 6) is 1.51. The summed E-state index contributed by atoms with van der Waals surface area (Å²) in [5.41, 5.74) is 0. The van der Waals surface area contributed by atoms with E-state index in [1.54, 1.807) is 0 Å². The summed E-state index contributed by atoms with van der Waals surface area (Å²) >= 11 is 0. The molecule has 1 radical (unpaired) electrons. The highest BCUT2D eigenvalue weighted by Crippen LogP contribution is 2.03. The van der Waals surface area contributed by atoms with Crippen LogP contribution in [0.5, 0.6) is 0 Å². The van der Waals surface area contributed by atoms with Crippen molar-refractivity contribution in [2.24, 2.45) is 0 Å². The van der Waals surface area contributed by atoms with Crippen LogP contribution in [0.2, 0.25) is 0 Å². The fraction of sp³-hybridized carbons (Fsp3) is 0.889. The van der Waals surface area contributed by atoms with Gasteiger partial charge in [0.15, 0.2) is 0 Å². The first-order valence-electron chi connectivity index (χ1n) is 4.43. The number of piperazine rings is 1. The average molecular weight is 155 g/mol. The molecule has 1 saturated heterocycles. The predicted molar refractivity (Wildman–Crippen MR) is 48.5 cm³/mol. The lowest BCUT2D eigenvalue weighted by atomic mass is 10.1. The normalized spacial score (nSPS) is 27.8. The highest BCUT2D eigenvalue weighted by Gasteiger charge is 2.15. The van der Waals surface area contributed by atoms with E-state index in [-0.39, 0.29) is 0 Å². The van der Waals surface area contributed by atoms with Crippen molar-refractivity contribution < 1.29 is 0 Å². The molecule has 0 bridgehead atoms. The number of rotatable bonds is 2. The summed E-state index contributed by atoms with van der Waals surface area (Å²) in [6, 6.07) is 0.670. The van der Waals surface area contributed by atoms with Gasteiger partial charge in [-0.15, -0.1) is 0 Å². The third kappa shape index (κ3) is 3.21. The molecule has 0 aromatic carbocycles. The Morgan fingerprint density at radius 2 is 2.27 bits per heavy atom. The van der Waals surface area contributed by atoms with Gasteiger partial charge in [0.25, 0.3) is 0 Å². The van der Waals surface area contributed by atoms with Gasteiger partial charge in [0.05, 0.1) is 0 Å². The minimum Gasteiger partial charge on any atom is -0.312 e. The third-order valence-electron chi connectivity index (χ3n) is 1.99. The zero-order valence-corrected chi connectivity index (χ0v) is 7.85. The molecule has 1 aliphatic rings. The SMILES string of the molecule is C[C](C)CN1CCN[C@@H](C)C1. The molecule has 2 heteroatoms.